The quantitative estimate of drug-likeness (QED) is 0.675. The van der Waals surface area contributed by atoms with Gasteiger partial charge in [0.05, 0.1) is 11.7 Å². The van der Waals surface area contributed by atoms with E-state index in [1.165, 1.54) is 38.5 Å². The third kappa shape index (κ3) is 1.62. The number of rotatable bonds is 1. The van der Waals surface area contributed by atoms with Gasteiger partial charge < -0.3 is 10.5 Å². The van der Waals surface area contributed by atoms with Crippen molar-refractivity contribution in [3.05, 3.63) is 0 Å². The fourth-order valence-corrected chi connectivity index (χ4v) is 2.95. The van der Waals surface area contributed by atoms with Crippen LogP contribution in [0.2, 0.25) is 0 Å². The molecule has 0 bridgehead atoms. The lowest BCUT2D eigenvalue weighted by Gasteiger charge is -2.39. The molecule has 2 heteroatoms. The first-order valence-electron chi connectivity index (χ1n) is 5.65. The van der Waals surface area contributed by atoms with E-state index >= 15 is 0 Å². The molecule has 0 aromatic heterocycles. The second-order valence-corrected chi connectivity index (χ2v) is 4.73. The van der Waals surface area contributed by atoms with Crippen LogP contribution < -0.4 is 5.73 Å². The van der Waals surface area contributed by atoms with Crippen LogP contribution in [-0.2, 0) is 4.74 Å². The Morgan fingerprint density at radius 1 is 1.31 bits per heavy atom. The first kappa shape index (κ1) is 9.47. The maximum atomic E-state index is 6.13. The molecule has 13 heavy (non-hydrogen) atoms. The van der Waals surface area contributed by atoms with Gasteiger partial charge in [-0.25, -0.2) is 0 Å². The molecule has 0 aromatic rings. The molecule has 0 aromatic carbocycles. The van der Waals surface area contributed by atoms with Gasteiger partial charge in [0.2, 0.25) is 0 Å². The molecular formula is C11H21NO. The molecule has 1 aliphatic heterocycles. The van der Waals surface area contributed by atoms with Gasteiger partial charge in [-0.2, -0.15) is 0 Å². The summed E-state index contributed by atoms with van der Waals surface area (Å²) >= 11 is 0. The Hall–Kier alpha value is -0.0800. The van der Waals surface area contributed by atoms with Gasteiger partial charge in [0.1, 0.15) is 0 Å². The zero-order valence-electron chi connectivity index (χ0n) is 8.59. The van der Waals surface area contributed by atoms with Gasteiger partial charge in [-0.05, 0) is 31.6 Å². The van der Waals surface area contributed by atoms with E-state index in [1.54, 1.807) is 0 Å². The van der Waals surface area contributed by atoms with E-state index in [2.05, 4.69) is 6.92 Å². The smallest absolute Gasteiger partial charge is 0.0713 e. The van der Waals surface area contributed by atoms with Gasteiger partial charge in [-0.15, -0.1) is 0 Å². The SMILES string of the molecule is C[C@@H]1CCCC[C@]12CC[C@@H](CN)O2. The van der Waals surface area contributed by atoms with Crippen LogP contribution in [0.3, 0.4) is 0 Å². The van der Waals surface area contributed by atoms with Crippen molar-refractivity contribution in [2.24, 2.45) is 11.7 Å². The van der Waals surface area contributed by atoms with Crippen LogP contribution >= 0.6 is 0 Å². The summed E-state index contributed by atoms with van der Waals surface area (Å²) in [6, 6.07) is 0. The van der Waals surface area contributed by atoms with Gasteiger partial charge >= 0.3 is 0 Å². The van der Waals surface area contributed by atoms with E-state index in [1.807, 2.05) is 0 Å². The topological polar surface area (TPSA) is 35.2 Å². The average Bonchev–Trinajstić information content (AvgIpc) is 2.56. The normalized spacial score (nSPS) is 45.7. The summed E-state index contributed by atoms with van der Waals surface area (Å²) in [6.45, 7) is 3.05. The van der Waals surface area contributed by atoms with Crippen LogP contribution in [0.4, 0.5) is 0 Å². The zero-order chi connectivity index (χ0) is 9.31. The fourth-order valence-electron chi connectivity index (χ4n) is 2.95. The van der Waals surface area contributed by atoms with Gasteiger partial charge in [0.25, 0.3) is 0 Å². The summed E-state index contributed by atoms with van der Waals surface area (Å²) in [4.78, 5) is 0. The van der Waals surface area contributed by atoms with Crippen molar-refractivity contribution < 1.29 is 4.74 Å². The van der Waals surface area contributed by atoms with Crippen LogP contribution in [0, 0.1) is 5.92 Å². The lowest BCUT2D eigenvalue weighted by atomic mass is 9.75. The highest BCUT2D eigenvalue weighted by Gasteiger charge is 2.44. The molecule has 1 saturated heterocycles. The summed E-state index contributed by atoms with van der Waals surface area (Å²) in [7, 11) is 0. The lowest BCUT2D eigenvalue weighted by molar-refractivity contribution is -0.0922. The molecule has 0 amide bonds. The Labute approximate surface area is 80.8 Å². The number of hydrogen-bond donors (Lipinski definition) is 1. The molecule has 1 heterocycles. The number of hydrogen-bond acceptors (Lipinski definition) is 2. The predicted octanol–water partition coefficient (Wildman–Crippen LogP) is 2.07. The van der Waals surface area contributed by atoms with Crippen LogP contribution in [0.25, 0.3) is 0 Å². The zero-order valence-corrected chi connectivity index (χ0v) is 8.59. The lowest BCUT2D eigenvalue weighted by Crippen LogP contribution is -2.40. The van der Waals surface area contributed by atoms with Gasteiger partial charge in [0.15, 0.2) is 0 Å². The summed E-state index contributed by atoms with van der Waals surface area (Å²) in [5.41, 5.74) is 5.87. The Balaban J connectivity index is 2.03. The van der Waals surface area contributed by atoms with Crippen molar-refractivity contribution in [1.29, 1.82) is 0 Å². The molecule has 1 spiro atoms. The minimum absolute atomic E-state index is 0.224. The first-order chi connectivity index (χ1) is 6.27. The second-order valence-electron chi connectivity index (χ2n) is 4.73. The van der Waals surface area contributed by atoms with Crippen LogP contribution in [0.15, 0.2) is 0 Å². The Morgan fingerprint density at radius 3 is 2.77 bits per heavy atom. The van der Waals surface area contributed by atoms with E-state index in [4.69, 9.17) is 10.5 Å². The van der Waals surface area contributed by atoms with Crippen molar-refractivity contribution >= 4 is 0 Å². The molecule has 2 fully saturated rings. The number of ether oxygens (including phenoxy) is 1. The van der Waals surface area contributed by atoms with Crippen molar-refractivity contribution in [2.75, 3.05) is 6.54 Å². The Kier molecular flexibility index (Phi) is 2.61. The Morgan fingerprint density at radius 2 is 2.15 bits per heavy atom. The van der Waals surface area contributed by atoms with Gasteiger partial charge in [-0.1, -0.05) is 19.8 Å². The van der Waals surface area contributed by atoms with E-state index in [9.17, 15) is 0 Å². The van der Waals surface area contributed by atoms with Crippen LogP contribution in [0.5, 0.6) is 0 Å². The Bertz CT molecular complexity index is 183. The molecular weight excluding hydrogens is 162 g/mol. The summed E-state index contributed by atoms with van der Waals surface area (Å²) in [5.74, 6) is 0.748. The largest absolute Gasteiger partial charge is 0.370 e. The third-order valence-corrected chi connectivity index (χ3v) is 3.94. The van der Waals surface area contributed by atoms with E-state index in [-0.39, 0.29) is 5.60 Å². The van der Waals surface area contributed by atoms with Crippen LogP contribution in [0.1, 0.15) is 45.4 Å². The molecule has 0 unspecified atom stereocenters. The molecule has 2 aliphatic rings. The molecule has 2 N–H and O–H groups in total. The minimum atomic E-state index is 0.224. The first-order valence-corrected chi connectivity index (χ1v) is 5.65. The standard InChI is InChI=1S/C11H21NO/c1-9-4-2-3-6-11(9)7-5-10(8-12)13-11/h9-10H,2-8,12H2,1H3/t9-,10+,11+/m1/s1. The van der Waals surface area contributed by atoms with Crippen molar-refractivity contribution in [3.63, 3.8) is 0 Å². The molecule has 1 aliphatic carbocycles. The highest BCUT2D eigenvalue weighted by molar-refractivity contribution is 4.95. The average molecular weight is 183 g/mol. The highest BCUT2D eigenvalue weighted by atomic mass is 16.5. The summed E-state index contributed by atoms with van der Waals surface area (Å²) in [6.07, 6.45) is 8.13. The maximum absolute atomic E-state index is 6.13. The predicted molar refractivity (Wildman–Crippen MR) is 53.5 cm³/mol. The molecule has 0 radical (unpaired) electrons. The molecule has 1 saturated carbocycles. The molecule has 3 atom stereocenters. The fraction of sp³-hybridized carbons (Fsp3) is 1.00. The minimum Gasteiger partial charge on any atom is -0.370 e. The third-order valence-electron chi connectivity index (χ3n) is 3.94. The van der Waals surface area contributed by atoms with Gasteiger partial charge in [0, 0.05) is 6.54 Å². The summed E-state index contributed by atoms with van der Waals surface area (Å²) in [5, 5.41) is 0. The monoisotopic (exact) mass is 183 g/mol. The molecule has 2 nitrogen and oxygen atoms in total. The maximum Gasteiger partial charge on any atom is 0.0713 e. The van der Waals surface area contributed by atoms with E-state index in [0.717, 1.165) is 5.92 Å². The second kappa shape index (κ2) is 3.58. The van der Waals surface area contributed by atoms with Crippen molar-refractivity contribution in [3.8, 4) is 0 Å². The summed E-state index contributed by atoms with van der Waals surface area (Å²) < 4.78 is 6.13. The van der Waals surface area contributed by atoms with Gasteiger partial charge in [-0.3, -0.25) is 0 Å². The highest BCUT2D eigenvalue weighted by Crippen LogP contribution is 2.45. The molecule has 76 valence electrons. The van der Waals surface area contributed by atoms with E-state index in [0.29, 0.717) is 12.6 Å². The van der Waals surface area contributed by atoms with Crippen LogP contribution in [-0.4, -0.2) is 18.2 Å². The van der Waals surface area contributed by atoms with E-state index < -0.39 is 0 Å². The number of nitrogens with two attached hydrogens (primary N) is 1. The van der Waals surface area contributed by atoms with Crippen molar-refractivity contribution in [2.45, 2.75) is 57.2 Å². The molecule has 2 rings (SSSR count). The van der Waals surface area contributed by atoms with Crippen molar-refractivity contribution in [1.82, 2.24) is 0 Å².